The molecule has 138 valence electrons. The van der Waals surface area contributed by atoms with Gasteiger partial charge in [0, 0.05) is 5.92 Å². The topological polar surface area (TPSA) is 0 Å². The molecule has 4 aromatic rings. The molecular formula is C25H20Cl2Zr. The van der Waals surface area contributed by atoms with Crippen molar-refractivity contribution < 1.29 is 51.0 Å². The molecule has 0 saturated carbocycles. The molecule has 3 heteroatoms. The maximum absolute atomic E-state index is 3.47. The maximum atomic E-state index is 3.47. The van der Waals surface area contributed by atoms with Gasteiger partial charge in [0.05, 0.1) is 0 Å². The molecule has 0 amide bonds. The van der Waals surface area contributed by atoms with Crippen LogP contribution < -0.4 is 24.8 Å². The van der Waals surface area contributed by atoms with E-state index in [1.54, 1.807) is 0 Å². The first-order chi connectivity index (χ1) is 12.4. The van der Waals surface area contributed by atoms with Crippen molar-refractivity contribution in [1.29, 1.82) is 0 Å². The van der Waals surface area contributed by atoms with E-state index in [4.69, 9.17) is 0 Å². The second kappa shape index (κ2) is 11.5. The summed E-state index contributed by atoms with van der Waals surface area (Å²) in [6, 6.07) is 37.2. The van der Waals surface area contributed by atoms with Crippen molar-refractivity contribution in [3.8, 4) is 11.1 Å². The second-order valence-electron chi connectivity index (χ2n) is 6.34. The van der Waals surface area contributed by atoms with Crippen LogP contribution in [0.2, 0.25) is 0 Å². The third-order valence-corrected chi connectivity index (χ3v) is 4.79. The van der Waals surface area contributed by atoms with Gasteiger partial charge < -0.3 is 24.8 Å². The standard InChI is InChI=1S/C20H15.C5H5.2ClH.Zr/c1-14-8-2-3-9-15(14)20-18-12-6-4-10-16(18)17-11-5-7-13-19(17)20;1-2-4-5-3-1;;;/h2-12,20H,1H3;1-5H;2*1H;/q2*-1;;;+4/p-2. The van der Waals surface area contributed by atoms with Gasteiger partial charge in [-0.2, -0.15) is 42.5 Å². The SMILES string of the molecule is Cc1ccccc1C1c2[c-]cccc2-c2ccccc21.[Cl-].[Cl-].[Zr+4].c1cc[cH-]c1. The van der Waals surface area contributed by atoms with Crippen LogP contribution in [0.15, 0.2) is 97.1 Å². The van der Waals surface area contributed by atoms with Crippen LogP contribution in [0, 0.1) is 13.0 Å². The zero-order chi connectivity index (χ0) is 17.1. The predicted octanol–water partition coefficient (Wildman–Crippen LogP) is 0.367. The molecule has 0 heterocycles. The van der Waals surface area contributed by atoms with E-state index in [1.807, 2.05) is 36.4 Å². The second-order valence-corrected chi connectivity index (χ2v) is 6.34. The monoisotopic (exact) mass is 480 g/mol. The summed E-state index contributed by atoms with van der Waals surface area (Å²) in [5.41, 5.74) is 8.13. The summed E-state index contributed by atoms with van der Waals surface area (Å²) in [7, 11) is 0. The molecule has 0 fully saturated rings. The van der Waals surface area contributed by atoms with E-state index in [9.17, 15) is 0 Å². The van der Waals surface area contributed by atoms with Gasteiger partial charge >= 0.3 is 26.2 Å². The van der Waals surface area contributed by atoms with Crippen LogP contribution in [0.25, 0.3) is 11.1 Å². The predicted molar refractivity (Wildman–Crippen MR) is 105 cm³/mol. The zero-order valence-electron chi connectivity index (χ0n) is 15.6. The number of aryl methyl sites for hydroxylation is 1. The maximum Gasteiger partial charge on any atom is 4.00 e. The van der Waals surface area contributed by atoms with Crippen LogP contribution in [0.1, 0.15) is 28.2 Å². The Morgan fingerprint density at radius 1 is 0.714 bits per heavy atom. The zero-order valence-corrected chi connectivity index (χ0v) is 19.5. The number of fused-ring (bicyclic) bond motifs is 3. The van der Waals surface area contributed by atoms with Crippen molar-refractivity contribution in [3.05, 3.63) is 125 Å². The summed E-state index contributed by atoms with van der Waals surface area (Å²) in [6.07, 6.45) is 0. The molecule has 0 radical (unpaired) electrons. The largest absolute Gasteiger partial charge is 4.00 e. The molecule has 1 aliphatic rings. The van der Waals surface area contributed by atoms with Gasteiger partial charge in [-0.15, -0.1) is 11.1 Å². The molecule has 1 aliphatic carbocycles. The van der Waals surface area contributed by atoms with Crippen LogP contribution in [-0.4, -0.2) is 0 Å². The molecule has 5 rings (SSSR count). The van der Waals surface area contributed by atoms with Crippen molar-refractivity contribution in [2.75, 3.05) is 0 Å². The van der Waals surface area contributed by atoms with Gasteiger partial charge in [0.15, 0.2) is 0 Å². The van der Waals surface area contributed by atoms with Crippen LogP contribution in [0.3, 0.4) is 0 Å². The summed E-state index contributed by atoms with van der Waals surface area (Å²) in [5.74, 6) is 0.323. The van der Waals surface area contributed by atoms with E-state index in [1.165, 1.54) is 33.4 Å². The number of rotatable bonds is 1. The number of hydrogen-bond acceptors (Lipinski definition) is 0. The minimum absolute atomic E-state index is 0. The van der Waals surface area contributed by atoms with Crippen LogP contribution in [0.4, 0.5) is 0 Å². The molecular weight excluding hydrogens is 462 g/mol. The summed E-state index contributed by atoms with van der Waals surface area (Å²) >= 11 is 0. The molecule has 0 spiro atoms. The van der Waals surface area contributed by atoms with Gasteiger partial charge in [0.25, 0.3) is 0 Å². The van der Waals surface area contributed by atoms with Gasteiger partial charge in [0.1, 0.15) is 0 Å². The molecule has 1 atom stereocenters. The Kier molecular flexibility index (Phi) is 10.0. The van der Waals surface area contributed by atoms with Gasteiger partial charge in [0.2, 0.25) is 0 Å². The van der Waals surface area contributed by atoms with E-state index >= 15 is 0 Å². The van der Waals surface area contributed by atoms with Crippen molar-refractivity contribution in [2.45, 2.75) is 12.8 Å². The Balaban J connectivity index is 0.000000433. The fraction of sp³-hybridized carbons (Fsp3) is 0.0800. The average molecular weight is 483 g/mol. The summed E-state index contributed by atoms with van der Waals surface area (Å²) in [5, 5.41) is 0. The molecule has 0 N–H and O–H groups in total. The van der Waals surface area contributed by atoms with E-state index in [-0.39, 0.29) is 51.0 Å². The third kappa shape index (κ3) is 4.90. The summed E-state index contributed by atoms with van der Waals surface area (Å²) in [6.45, 7) is 2.19. The van der Waals surface area contributed by atoms with Gasteiger partial charge in [-0.25, -0.2) is 12.1 Å². The van der Waals surface area contributed by atoms with Crippen LogP contribution in [-0.2, 0) is 26.2 Å². The van der Waals surface area contributed by atoms with Crippen molar-refractivity contribution in [2.24, 2.45) is 0 Å². The minimum atomic E-state index is 0. The molecule has 0 bridgehead atoms. The van der Waals surface area contributed by atoms with Gasteiger partial charge in [-0.05, 0) is 23.6 Å². The van der Waals surface area contributed by atoms with E-state index in [2.05, 4.69) is 73.7 Å². The smallest absolute Gasteiger partial charge is 1.00 e. The number of benzene rings is 3. The van der Waals surface area contributed by atoms with E-state index in [0.717, 1.165) is 0 Å². The van der Waals surface area contributed by atoms with E-state index < -0.39 is 0 Å². The summed E-state index contributed by atoms with van der Waals surface area (Å²) < 4.78 is 0. The van der Waals surface area contributed by atoms with Crippen molar-refractivity contribution >= 4 is 0 Å². The summed E-state index contributed by atoms with van der Waals surface area (Å²) in [4.78, 5) is 0. The first-order valence-corrected chi connectivity index (χ1v) is 8.68. The number of hydrogen-bond donors (Lipinski definition) is 0. The molecule has 0 saturated heterocycles. The first-order valence-electron chi connectivity index (χ1n) is 8.68. The molecule has 0 nitrogen and oxygen atoms in total. The van der Waals surface area contributed by atoms with Gasteiger partial charge in [-0.3, -0.25) is 0 Å². The van der Waals surface area contributed by atoms with Crippen LogP contribution in [0.5, 0.6) is 0 Å². The third-order valence-electron chi connectivity index (χ3n) is 4.79. The first kappa shape index (κ1) is 24.5. The Bertz CT molecular complexity index is 915. The average Bonchev–Trinajstić information content (AvgIpc) is 3.33. The fourth-order valence-electron chi connectivity index (χ4n) is 3.63. The molecule has 0 aromatic heterocycles. The van der Waals surface area contributed by atoms with Crippen LogP contribution >= 0.6 is 0 Å². The Hall–Kier alpha value is -1.53. The fourth-order valence-corrected chi connectivity index (χ4v) is 3.63. The Morgan fingerprint density at radius 2 is 1.32 bits per heavy atom. The molecule has 1 unspecified atom stereocenters. The van der Waals surface area contributed by atoms with Crippen molar-refractivity contribution in [3.63, 3.8) is 0 Å². The molecule has 28 heavy (non-hydrogen) atoms. The van der Waals surface area contributed by atoms with Gasteiger partial charge in [-0.1, -0.05) is 54.1 Å². The molecule has 0 aliphatic heterocycles. The number of halogens is 2. The normalized spacial score (nSPS) is 12.7. The Labute approximate surface area is 199 Å². The van der Waals surface area contributed by atoms with E-state index in [0.29, 0.717) is 5.92 Å². The minimum Gasteiger partial charge on any atom is -1.00 e. The quantitative estimate of drug-likeness (QED) is 0.303. The Morgan fingerprint density at radius 3 is 1.96 bits per heavy atom. The molecule has 4 aromatic carbocycles. The van der Waals surface area contributed by atoms with Crippen molar-refractivity contribution in [1.82, 2.24) is 0 Å².